The molecular formula is C21H21ClN6O3. The number of non-ortho nitro benzene ring substituents is 1. The van der Waals surface area contributed by atoms with Gasteiger partial charge in [-0.05, 0) is 32.0 Å². The zero-order valence-corrected chi connectivity index (χ0v) is 17.7. The van der Waals surface area contributed by atoms with Crippen LogP contribution in [0.2, 0.25) is 5.02 Å². The average molecular weight is 441 g/mol. The fourth-order valence-corrected chi connectivity index (χ4v) is 3.00. The van der Waals surface area contributed by atoms with Gasteiger partial charge in [-0.15, -0.1) is 0 Å². The summed E-state index contributed by atoms with van der Waals surface area (Å²) in [5.74, 6) is 0.659. The van der Waals surface area contributed by atoms with Crippen molar-refractivity contribution in [1.29, 1.82) is 0 Å². The average Bonchev–Trinajstić information content (AvgIpc) is 2.72. The van der Waals surface area contributed by atoms with Crippen LogP contribution in [0, 0.1) is 24.0 Å². The topological polar surface area (TPSA) is 122 Å². The van der Waals surface area contributed by atoms with Gasteiger partial charge in [-0.25, -0.2) is 4.98 Å². The lowest BCUT2D eigenvalue weighted by Gasteiger charge is -2.11. The molecular weight excluding hydrogens is 420 g/mol. The number of nitrogens with zero attached hydrogens (tertiary/aromatic N) is 3. The zero-order valence-electron chi connectivity index (χ0n) is 17.0. The molecule has 0 aliphatic heterocycles. The summed E-state index contributed by atoms with van der Waals surface area (Å²) in [5.41, 5.74) is 2.87. The van der Waals surface area contributed by atoms with Crippen LogP contribution in [0.1, 0.15) is 21.6 Å². The van der Waals surface area contributed by atoms with Crippen molar-refractivity contribution in [1.82, 2.24) is 15.3 Å². The van der Waals surface area contributed by atoms with E-state index in [9.17, 15) is 14.9 Å². The molecule has 0 atom stereocenters. The van der Waals surface area contributed by atoms with Gasteiger partial charge in [0.2, 0.25) is 5.95 Å². The van der Waals surface area contributed by atoms with Crippen LogP contribution in [0.4, 0.5) is 23.1 Å². The number of hydrogen-bond donors (Lipinski definition) is 3. The third-order valence-electron chi connectivity index (χ3n) is 4.28. The van der Waals surface area contributed by atoms with Crippen molar-refractivity contribution in [2.24, 2.45) is 0 Å². The summed E-state index contributed by atoms with van der Waals surface area (Å²) in [4.78, 5) is 31.2. The maximum absolute atomic E-state index is 12.3. The Hall–Kier alpha value is -3.72. The third kappa shape index (κ3) is 6.13. The Kier molecular flexibility index (Phi) is 6.99. The normalized spacial score (nSPS) is 10.4. The van der Waals surface area contributed by atoms with Gasteiger partial charge in [-0.2, -0.15) is 4.98 Å². The second-order valence-electron chi connectivity index (χ2n) is 6.81. The molecule has 3 N–H and O–H groups in total. The Morgan fingerprint density at radius 2 is 1.81 bits per heavy atom. The summed E-state index contributed by atoms with van der Waals surface area (Å²) in [7, 11) is 0. The van der Waals surface area contributed by atoms with Crippen LogP contribution < -0.4 is 16.0 Å². The van der Waals surface area contributed by atoms with Crippen molar-refractivity contribution in [3.8, 4) is 0 Å². The van der Waals surface area contributed by atoms with Gasteiger partial charge in [0.25, 0.3) is 11.6 Å². The number of nitrogens with one attached hydrogen (secondary N) is 3. The fraction of sp³-hybridized carbons (Fsp3) is 0.190. The van der Waals surface area contributed by atoms with Crippen molar-refractivity contribution in [3.05, 3.63) is 80.5 Å². The van der Waals surface area contributed by atoms with E-state index in [1.165, 1.54) is 17.7 Å². The van der Waals surface area contributed by atoms with Crippen LogP contribution in [0.25, 0.3) is 0 Å². The highest BCUT2D eigenvalue weighted by Gasteiger charge is 2.14. The van der Waals surface area contributed by atoms with Gasteiger partial charge in [0.1, 0.15) is 5.82 Å². The van der Waals surface area contributed by atoms with E-state index in [1.54, 1.807) is 0 Å². The first-order valence-electron chi connectivity index (χ1n) is 9.47. The second-order valence-corrected chi connectivity index (χ2v) is 7.22. The van der Waals surface area contributed by atoms with Gasteiger partial charge in [0, 0.05) is 42.7 Å². The minimum absolute atomic E-state index is 0.0218. The molecule has 0 unspecified atom stereocenters. The number of aryl methyl sites for hydroxylation is 2. The van der Waals surface area contributed by atoms with E-state index < -0.39 is 10.8 Å². The van der Waals surface area contributed by atoms with Crippen LogP contribution in [-0.2, 0) is 0 Å². The minimum Gasteiger partial charge on any atom is -0.352 e. The molecule has 0 radical (unpaired) electrons. The maximum atomic E-state index is 12.3. The monoisotopic (exact) mass is 440 g/mol. The predicted molar refractivity (Wildman–Crippen MR) is 120 cm³/mol. The lowest BCUT2D eigenvalue weighted by atomic mass is 10.2. The highest BCUT2D eigenvalue weighted by molar-refractivity contribution is 6.34. The van der Waals surface area contributed by atoms with Gasteiger partial charge < -0.3 is 16.0 Å². The number of nitro groups is 1. The molecule has 1 aromatic heterocycles. The van der Waals surface area contributed by atoms with Gasteiger partial charge in [-0.1, -0.05) is 29.3 Å². The predicted octanol–water partition coefficient (Wildman–Crippen LogP) is 4.24. The van der Waals surface area contributed by atoms with Crippen molar-refractivity contribution < 1.29 is 9.72 Å². The number of carbonyl (C=O) groups is 1. The molecule has 3 rings (SSSR count). The Balaban J connectivity index is 1.54. The van der Waals surface area contributed by atoms with E-state index in [0.29, 0.717) is 18.3 Å². The van der Waals surface area contributed by atoms with E-state index in [1.807, 2.05) is 44.2 Å². The molecule has 31 heavy (non-hydrogen) atoms. The summed E-state index contributed by atoms with van der Waals surface area (Å²) in [6.45, 7) is 4.55. The Morgan fingerprint density at radius 3 is 2.48 bits per heavy atom. The van der Waals surface area contributed by atoms with Crippen LogP contribution in [0.5, 0.6) is 0 Å². The summed E-state index contributed by atoms with van der Waals surface area (Å²) in [6.07, 6.45) is 0. The molecule has 2 aromatic carbocycles. The second kappa shape index (κ2) is 9.86. The van der Waals surface area contributed by atoms with E-state index >= 15 is 0 Å². The SMILES string of the molecule is Cc1ccc(Nc2cc(C)nc(NCCNC(=O)c3ccc([N+](=O)[O-])cc3Cl)n2)cc1. The van der Waals surface area contributed by atoms with E-state index in [-0.39, 0.29) is 22.8 Å². The summed E-state index contributed by atoms with van der Waals surface area (Å²) in [5, 5.41) is 19.8. The number of anilines is 3. The van der Waals surface area contributed by atoms with Crippen molar-refractivity contribution in [3.63, 3.8) is 0 Å². The highest BCUT2D eigenvalue weighted by atomic mass is 35.5. The number of nitro benzene ring substituents is 1. The van der Waals surface area contributed by atoms with E-state index in [0.717, 1.165) is 17.4 Å². The van der Waals surface area contributed by atoms with Gasteiger partial charge in [-0.3, -0.25) is 14.9 Å². The van der Waals surface area contributed by atoms with Crippen molar-refractivity contribution in [2.75, 3.05) is 23.7 Å². The Morgan fingerprint density at radius 1 is 1.06 bits per heavy atom. The number of amides is 1. The lowest BCUT2D eigenvalue weighted by molar-refractivity contribution is -0.384. The first kappa shape index (κ1) is 22.0. The molecule has 0 saturated carbocycles. The van der Waals surface area contributed by atoms with Crippen molar-refractivity contribution in [2.45, 2.75) is 13.8 Å². The van der Waals surface area contributed by atoms with Crippen LogP contribution in [0.15, 0.2) is 48.5 Å². The molecule has 0 fully saturated rings. The number of rotatable bonds is 8. The van der Waals surface area contributed by atoms with E-state index in [2.05, 4.69) is 25.9 Å². The molecule has 0 bridgehead atoms. The number of halogens is 1. The molecule has 1 amide bonds. The quantitative estimate of drug-likeness (QED) is 0.272. The maximum Gasteiger partial charge on any atom is 0.270 e. The first-order valence-corrected chi connectivity index (χ1v) is 9.85. The standard InChI is InChI=1S/C21H21ClN6O3/c1-13-3-5-15(6-4-13)26-19-11-14(2)25-21(27-19)24-10-9-23-20(29)17-8-7-16(28(30)31)12-18(17)22/h3-8,11-12H,9-10H2,1-2H3,(H,23,29)(H2,24,25,26,27). The number of carbonyl (C=O) groups excluding carboxylic acids is 1. The van der Waals surface area contributed by atoms with Gasteiger partial charge in [0.15, 0.2) is 0 Å². The molecule has 9 nitrogen and oxygen atoms in total. The van der Waals surface area contributed by atoms with Gasteiger partial charge in [0.05, 0.1) is 15.5 Å². The molecule has 0 aliphatic rings. The Bertz CT molecular complexity index is 1100. The number of benzene rings is 2. The van der Waals surface area contributed by atoms with Crippen LogP contribution in [-0.4, -0.2) is 33.9 Å². The zero-order chi connectivity index (χ0) is 22.4. The lowest BCUT2D eigenvalue weighted by Crippen LogP contribution is -2.29. The van der Waals surface area contributed by atoms with E-state index in [4.69, 9.17) is 11.6 Å². The first-order chi connectivity index (χ1) is 14.8. The van der Waals surface area contributed by atoms with Gasteiger partial charge >= 0.3 is 0 Å². The minimum atomic E-state index is -0.568. The fourth-order valence-electron chi connectivity index (χ4n) is 2.74. The number of aromatic nitrogens is 2. The summed E-state index contributed by atoms with van der Waals surface area (Å²) < 4.78 is 0. The number of hydrogen-bond acceptors (Lipinski definition) is 7. The molecule has 160 valence electrons. The Labute approximate surface area is 184 Å². The smallest absolute Gasteiger partial charge is 0.270 e. The molecule has 0 aliphatic carbocycles. The summed E-state index contributed by atoms with van der Waals surface area (Å²) in [6, 6.07) is 13.5. The molecule has 10 heteroatoms. The third-order valence-corrected chi connectivity index (χ3v) is 4.59. The molecule has 0 spiro atoms. The highest BCUT2D eigenvalue weighted by Crippen LogP contribution is 2.22. The van der Waals surface area contributed by atoms with Crippen molar-refractivity contribution >= 4 is 40.6 Å². The summed E-state index contributed by atoms with van der Waals surface area (Å²) >= 11 is 5.98. The molecule has 0 saturated heterocycles. The molecule has 3 aromatic rings. The largest absolute Gasteiger partial charge is 0.352 e. The van der Waals surface area contributed by atoms with Crippen LogP contribution in [0.3, 0.4) is 0 Å². The molecule has 1 heterocycles. The van der Waals surface area contributed by atoms with Crippen LogP contribution >= 0.6 is 11.6 Å².